The molecule has 0 unspecified atom stereocenters. The van der Waals surface area contributed by atoms with Crippen LogP contribution in [-0.2, 0) is 9.59 Å². The molecule has 2 N–H and O–H groups in total. The predicted molar refractivity (Wildman–Crippen MR) is 135 cm³/mol. The highest BCUT2D eigenvalue weighted by atomic mass is 16.4. The Labute approximate surface area is 207 Å². The van der Waals surface area contributed by atoms with E-state index in [1.54, 1.807) is 0 Å². The molecule has 192 valence electrons. The Morgan fingerprint density at radius 1 is 0.912 bits per heavy atom. The van der Waals surface area contributed by atoms with Crippen LogP contribution in [0, 0.1) is 50.7 Å². The van der Waals surface area contributed by atoms with Gasteiger partial charge in [0.15, 0.2) is 0 Å². The van der Waals surface area contributed by atoms with E-state index in [0.29, 0.717) is 23.7 Å². The van der Waals surface area contributed by atoms with Gasteiger partial charge in [-0.3, -0.25) is 9.59 Å². The molecule has 0 radical (unpaired) electrons. The fourth-order valence-corrected chi connectivity index (χ4v) is 9.94. The van der Waals surface area contributed by atoms with Crippen LogP contribution < -0.4 is 0 Å². The lowest BCUT2D eigenvalue weighted by atomic mass is 9.34. The summed E-state index contributed by atoms with van der Waals surface area (Å²) in [4.78, 5) is 24.4. The standard InChI is InChI=1S/C30H48O4/c1-19(2)20-10-13-29(7)23(27(20,5)12-11-24(31)32)9-8-21-22-18-26(3,4)14-16-30(22,25(33)34)17-15-28(21,29)6/h18-21,23H,8-17H2,1-7H3,(H,31,32)(H,33,34)/t20-,21+,23+,27-,28+,29+,30-/m0/s1. The predicted octanol–water partition coefficient (Wildman–Crippen LogP) is 7.57. The van der Waals surface area contributed by atoms with Gasteiger partial charge in [0, 0.05) is 6.42 Å². The molecule has 0 spiro atoms. The fourth-order valence-electron chi connectivity index (χ4n) is 9.94. The first-order valence-corrected chi connectivity index (χ1v) is 13.8. The average molecular weight is 473 g/mol. The Balaban J connectivity index is 1.79. The van der Waals surface area contributed by atoms with Crippen LogP contribution in [-0.4, -0.2) is 22.2 Å². The monoisotopic (exact) mass is 472 g/mol. The van der Waals surface area contributed by atoms with Gasteiger partial charge in [-0.05, 0) is 103 Å². The molecule has 0 bridgehead atoms. The second-order valence-corrected chi connectivity index (χ2v) is 14.3. The molecule has 4 aliphatic rings. The third-order valence-corrected chi connectivity index (χ3v) is 12.0. The van der Waals surface area contributed by atoms with Gasteiger partial charge in [-0.1, -0.05) is 60.1 Å². The van der Waals surface area contributed by atoms with Crippen LogP contribution in [0.1, 0.15) is 113 Å². The lowest BCUT2D eigenvalue weighted by Gasteiger charge is -2.70. The van der Waals surface area contributed by atoms with Gasteiger partial charge < -0.3 is 10.2 Å². The van der Waals surface area contributed by atoms with Crippen molar-refractivity contribution in [1.29, 1.82) is 0 Å². The zero-order chi connectivity index (χ0) is 25.3. The first-order chi connectivity index (χ1) is 15.6. The van der Waals surface area contributed by atoms with Crippen molar-refractivity contribution in [2.45, 2.75) is 113 Å². The van der Waals surface area contributed by atoms with Crippen molar-refractivity contribution in [3.8, 4) is 0 Å². The van der Waals surface area contributed by atoms with Crippen LogP contribution in [0.2, 0.25) is 0 Å². The molecule has 0 aromatic heterocycles. The molecule has 3 saturated carbocycles. The zero-order valence-corrected chi connectivity index (χ0v) is 22.7. The van der Waals surface area contributed by atoms with Gasteiger partial charge in [0.05, 0.1) is 5.41 Å². The average Bonchev–Trinajstić information content (AvgIpc) is 2.72. The van der Waals surface area contributed by atoms with E-state index < -0.39 is 17.4 Å². The summed E-state index contributed by atoms with van der Waals surface area (Å²) in [5.74, 6) is 0.586. The van der Waals surface area contributed by atoms with E-state index in [2.05, 4.69) is 54.5 Å². The molecular formula is C30H48O4. The van der Waals surface area contributed by atoms with E-state index in [9.17, 15) is 19.8 Å². The van der Waals surface area contributed by atoms with Crippen molar-refractivity contribution in [2.24, 2.45) is 50.7 Å². The van der Waals surface area contributed by atoms with Crippen LogP contribution >= 0.6 is 0 Å². The Kier molecular flexibility index (Phi) is 6.14. The van der Waals surface area contributed by atoms with Crippen molar-refractivity contribution in [1.82, 2.24) is 0 Å². The summed E-state index contributed by atoms with van der Waals surface area (Å²) in [5, 5.41) is 20.0. The quantitative estimate of drug-likeness (QED) is 0.405. The maximum Gasteiger partial charge on any atom is 0.313 e. The maximum absolute atomic E-state index is 12.7. The number of hydrogen-bond acceptors (Lipinski definition) is 2. The Hall–Kier alpha value is -1.32. The molecule has 4 aliphatic carbocycles. The van der Waals surface area contributed by atoms with E-state index in [1.165, 1.54) is 12.0 Å². The van der Waals surface area contributed by atoms with Crippen LogP contribution in [0.15, 0.2) is 11.6 Å². The Morgan fingerprint density at radius 3 is 2.15 bits per heavy atom. The highest BCUT2D eigenvalue weighted by Gasteiger charge is 2.68. The summed E-state index contributed by atoms with van der Waals surface area (Å²) in [6, 6.07) is 0. The van der Waals surface area contributed by atoms with Crippen LogP contribution in [0.25, 0.3) is 0 Å². The molecule has 0 saturated heterocycles. The number of rotatable bonds is 5. The van der Waals surface area contributed by atoms with Crippen LogP contribution in [0.3, 0.4) is 0 Å². The Morgan fingerprint density at radius 2 is 1.56 bits per heavy atom. The first kappa shape index (κ1) is 25.8. The third-order valence-electron chi connectivity index (χ3n) is 12.0. The zero-order valence-electron chi connectivity index (χ0n) is 22.7. The van der Waals surface area contributed by atoms with Gasteiger partial charge in [0.1, 0.15) is 0 Å². The third kappa shape index (κ3) is 3.52. The number of carboxylic acid groups (broad SMARTS) is 2. The van der Waals surface area contributed by atoms with Gasteiger partial charge in [0.2, 0.25) is 0 Å². The molecule has 0 aliphatic heterocycles. The Bertz CT molecular complexity index is 886. The van der Waals surface area contributed by atoms with E-state index >= 15 is 0 Å². The molecule has 0 amide bonds. The molecule has 0 aromatic rings. The SMILES string of the molecule is CC(C)[C@@H]1CC[C@]2(C)[C@H](CC[C@@H]3C4=CC(C)(C)CC[C@]4(C(=O)O)CC[C@]32C)[C@@]1(C)CCC(=O)O. The van der Waals surface area contributed by atoms with Crippen molar-refractivity contribution >= 4 is 11.9 Å². The van der Waals surface area contributed by atoms with Gasteiger partial charge in [0.25, 0.3) is 0 Å². The second-order valence-electron chi connectivity index (χ2n) is 14.3. The van der Waals surface area contributed by atoms with E-state index in [1.807, 2.05) is 0 Å². The molecule has 4 nitrogen and oxygen atoms in total. The van der Waals surface area contributed by atoms with Gasteiger partial charge in [-0.25, -0.2) is 0 Å². The normalized spacial score (nSPS) is 45.5. The lowest BCUT2D eigenvalue weighted by Crippen LogP contribution is -2.63. The minimum Gasteiger partial charge on any atom is -0.481 e. The molecule has 4 heteroatoms. The minimum atomic E-state index is -0.686. The largest absolute Gasteiger partial charge is 0.481 e. The molecule has 34 heavy (non-hydrogen) atoms. The van der Waals surface area contributed by atoms with Crippen LogP contribution in [0.4, 0.5) is 0 Å². The van der Waals surface area contributed by atoms with E-state index in [-0.39, 0.29) is 28.1 Å². The van der Waals surface area contributed by atoms with Crippen molar-refractivity contribution in [3.05, 3.63) is 11.6 Å². The number of carboxylic acids is 2. The summed E-state index contributed by atoms with van der Waals surface area (Å²) in [7, 11) is 0. The molecule has 3 fully saturated rings. The number of hydrogen-bond donors (Lipinski definition) is 2. The number of carbonyl (C=O) groups is 2. The smallest absolute Gasteiger partial charge is 0.313 e. The summed E-state index contributed by atoms with van der Waals surface area (Å²) < 4.78 is 0. The molecule has 0 aromatic carbocycles. The van der Waals surface area contributed by atoms with Gasteiger partial charge in [-0.15, -0.1) is 0 Å². The maximum atomic E-state index is 12.7. The van der Waals surface area contributed by atoms with Crippen molar-refractivity contribution < 1.29 is 19.8 Å². The van der Waals surface area contributed by atoms with E-state index in [4.69, 9.17) is 0 Å². The molecular weight excluding hydrogens is 424 g/mol. The summed E-state index contributed by atoms with van der Waals surface area (Å²) in [6.45, 7) is 16.5. The van der Waals surface area contributed by atoms with Crippen molar-refractivity contribution in [3.63, 3.8) is 0 Å². The minimum absolute atomic E-state index is 0.00901. The lowest BCUT2D eigenvalue weighted by molar-refractivity contribution is -0.198. The topological polar surface area (TPSA) is 74.6 Å². The highest BCUT2D eigenvalue weighted by Crippen LogP contribution is 2.74. The molecule has 0 heterocycles. The summed E-state index contributed by atoms with van der Waals surface area (Å²) in [6.07, 6.45) is 11.2. The summed E-state index contributed by atoms with van der Waals surface area (Å²) >= 11 is 0. The number of allylic oxidation sites excluding steroid dienone is 1. The first-order valence-electron chi connectivity index (χ1n) is 13.8. The highest BCUT2D eigenvalue weighted by molar-refractivity contribution is 5.80. The molecule has 4 rings (SSSR count). The summed E-state index contributed by atoms with van der Waals surface area (Å²) in [5.41, 5.74) is 0.778. The van der Waals surface area contributed by atoms with Crippen LogP contribution in [0.5, 0.6) is 0 Å². The van der Waals surface area contributed by atoms with Gasteiger partial charge in [-0.2, -0.15) is 0 Å². The second kappa shape index (κ2) is 8.10. The fraction of sp³-hybridized carbons (Fsp3) is 0.867. The van der Waals surface area contributed by atoms with Gasteiger partial charge >= 0.3 is 11.9 Å². The van der Waals surface area contributed by atoms with E-state index in [0.717, 1.165) is 51.4 Å². The molecule has 7 atom stereocenters. The number of fused-ring (bicyclic) bond motifs is 5. The number of aliphatic carboxylic acids is 2. The van der Waals surface area contributed by atoms with Crippen molar-refractivity contribution in [2.75, 3.05) is 0 Å².